The summed E-state index contributed by atoms with van der Waals surface area (Å²) in [4.78, 5) is 4.33. The SMILES string of the molecule is CCCCOCCOCCN=C(N)Nc1c(CC)cccc1CC.I. The fourth-order valence-electron chi connectivity index (χ4n) is 2.37. The minimum atomic E-state index is 0. The molecular formula is C19H34IN3O2. The molecule has 25 heavy (non-hydrogen) atoms. The predicted octanol–water partition coefficient (Wildman–Crippen LogP) is 3.99. The molecule has 3 N–H and O–H groups in total. The molecule has 0 aliphatic carbocycles. The van der Waals surface area contributed by atoms with Crippen molar-refractivity contribution in [2.75, 3.05) is 38.3 Å². The Balaban J connectivity index is 0.00000576. The summed E-state index contributed by atoms with van der Waals surface area (Å²) in [6, 6.07) is 6.33. The van der Waals surface area contributed by atoms with Gasteiger partial charge in [0.05, 0.1) is 26.4 Å². The number of nitrogens with two attached hydrogens (primary N) is 1. The molecule has 0 radical (unpaired) electrons. The third kappa shape index (κ3) is 10.0. The van der Waals surface area contributed by atoms with Crippen LogP contribution in [0, 0.1) is 0 Å². The van der Waals surface area contributed by atoms with Gasteiger partial charge in [0.1, 0.15) is 0 Å². The molecule has 0 bridgehead atoms. The molecule has 0 saturated heterocycles. The topological polar surface area (TPSA) is 68.9 Å². The van der Waals surface area contributed by atoms with Crippen molar-refractivity contribution in [1.82, 2.24) is 0 Å². The van der Waals surface area contributed by atoms with Crippen LogP contribution in [-0.4, -0.2) is 38.9 Å². The number of unbranched alkanes of at least 4 members (excludes halogenated alkanes) is 1. The second kappa shape index (κ2) is 15.4. The van der Waals surface area contributed by atoms with E-state index in [2.05, 4.69) is 49.3 Å². The van der Waals surface area contributed by atoms with Gasteiger partial charge in [-0.1, -0.05) is 45.4 Å². The summed E-state index contributed by atoms with van der Waals surface area (Å²) in [7, 11) is 0. The molecule has 0 aliphatic heterocycles. The average Bonchev–Trinajstić information content (AvgIpc) is 2.60. The van der Waals surface area contributed by atoms with Gasteiger partial charge in [-0.05, 0) is 30.4 Å². The van der Waals surface area contributed by atoms with Crippen molar-refractivity contribution in [3.8, 4) is 0 Å². The van der Waals surface area contributed by atoms with Crippen molar-refractivity contribution in [3.63, 3.8) is 0 Å². The number of ether oxygens (including phenoxy) is 2. The fourth-order valence-corrected chi connectivity index (χ4v) is 2.37. The second-order valence-corrected chi connectivity index (χ2v) is 5.63. The number of aliphatic imine (C=N–C) groups is 1. The third-order valence-electron chi connectivity index (χ3n) is 3.78. The first-order chi connectivity index (χ1) is 11.7. The number of benzene rings is 1. The summed E-state index contributed by atoms with van der Waals surface area (Å²) in [5.74, 6) is 0.438. The van der Waals surface area contributed by atoms with Crippen molar-refractivity contribution in [2.45, 2.75) is 46.5 Å². The normalized spacial score (nSPS) is 11.2. The summed E-state index contributed by atoms with van der Waals surface area (Å²) in [5, 5.41) is 3.25. The number of nitrogens with zero attached hydrogens (tertiary/aromatic N) is 1. The van der Waals surface area contributed by atoms with Gasteiger partial charge >= 0.3 is 0 Å². The molecular weight excluding hydrogens is 429 g/mol. The number of rotatable bonds is 12. The Morgan fingerprint density at radius 2 is 1.60 bits per heavy atom. The molecule has 144 valence electrons. The molecule has 0 aromatic heterocycles. The number of guanidine groups is 1. The molecule has 0 spiro atoms. The highest BCUT2D eigenvalue weighted by molar-refractivity contribution is 14.0. The van der Waals surface area contributed by atoms with Crippen LogP contribution in [0.15, 0.2) is 23.2 Å². The van der Waals surface area contributed by atoms with Crippen LogP contribution in [0.3, 0.4) is 0 Å². The largest absolute Gasteiger partial charge is 0.379 e. The Labute approximate surface area is 169 Å². The van der Waals surface area contributed by atoms with E-state index in [1.54, 1.807) is 0 Å². The van der Waals surface area contributed by atoms with E-state index in [1.165, 1.54) is 11.1 Å². The molecule has 0 fully saturated rings. The van der Waals surface area contributed by atoms with Gasteiger partial charge in [0.15, 0.2) is 5.96 Å². The van der Waals surface area contributed by atoms with Crippen LogP contribution in [0.4, 0.5) is 5.69 Å². The maximum absolute atomic E-state index is 6.01. The average molecular weight is 463 g/mol. The number of aryl methyl sites for hydroxylation is 2. The van der Waals surface area contributed by atoms with Gasteiger partial charge in [0.2, 0.25) is 0 Å². The summed E-state index contributed by atoms with van der Waals surface area (Å²) in [6.07, 6.45) is 4.18. The summed E-state index contributed by atoms with van der Waals surface area (Å²) in [6.45, 7) is 9.59. The second-order valence-electron chi connectivity index (χ2n) is 5.63. The van der Waals surface area contributed by atoms with E-state index in [0.29, 0.717) is 32.3 Å². The van der Waals surface area contributed by atoms with Crippen molar-refractivity contribution in [1.29, 1.82) is 0 Å². The summed E-state index contributed by atoms with van der Waals surface area (Å²) >= 11 is 0. The molecule has 0 atom stereocenters. The first kappa shape index (κ1) is 24.1. The van der Waals surface area contributed by atoms with Crippen LogP contribution in [0.1, 0.15) is 44.7 Å². The maximum Gasteiger partial charge on any atom is 0.193 e. The highest BCUT2D eigenvalue weighted by atomic mass is 127. The van der Waals surface area contributed by atoms with Crippen molar-refractivity contribution in [2.24, 2.45) is 10.7 Å². The summed E-state index contributed by atoms with van der Waals surface area (Å²) in [5.41, 5.74) is 9.61. The lowest BCUT2D eigenvalue weighted by Crippen LogP contribution is -2.25. The van der Waals surface area contributed by atoms with Gasteiger partial charge in [0, 0.05) is 12.3 Å². The molecule has 1 aromatic rings. The molecule has 0 aliphatic rings. The van der Waals surface area contributed by atoms with E-state index in [0.717, 1.165) is 38.0 Å². The van der Waals surface area contributed by atoms with E-state index in [9.17, 15) is 0 Å². The number of anilines is 1. The molecule has 0 amide bonds. The van der Waals surface area contributed by atoms with Gasteiger partial charge < -0.3 is 20.5 Å². The van der Waals surface area contributed by atoms with E-state index in [4.69, 9.17) is 15.2 Å². The molecule has 0 saturated carbocycles. The minimum absolute atomic E-state index is 0. The monoisotopic (exact) mass is 463 g/mol. The maximum atomic E-state index is 6.01. The zero-order valence-electron chi connectivity index (χ0n) is 15.8. The highest BCUT2D eigenvalue weighted by Gasteiger charge is 2.06. The van der Waals surface area contributed by atoms with Gasteiger partial charge in [-0.2, -0.15) is 0 Å². The van der Waals surface area contributed by atoms with Crippen LogP contribution in [-0.2, 0) is 22.3 Å². The summed E-state index contributed by atoms with van der Waals surface area (Å²) < 4.78 is 10.9. The van der Waals surface area contributed by atoms with Crippen molar-refractivity contribution in [3.05, 3.63) is 29.3 Å². The Bertz CT molecular complexity index is 473. The Morgan fingerprint density at radius 3 is 2.16 bits per heavy atom. The third-order valence-corrected chi connectivity index (χ3v) is 3.78. The van der Waals surface area contributed by atoms with Crippen LogP contribution in [0.5, 0.6) is 0 Å². The van der Waals surface area contributed by atoms with Crippen molar-refractivity contribution < 1.29 is 9.47 Å². The van der Waals surface area contributed by atoms with Gasteiger partial charge in [-0.25, -0.2) is 0 Å². The lowest BCUT2D eigenvalue weighted by Gasteiger charge is -2.14. The van der Waals surface area contributed by atoms with Crippen molar-refractivity contribution >= 4 is 35.6 Å². The Kier molecular flexibility index (Phi) is 14.9. The first-order valence-corrected chi connectivity index (χ1v) is 9.06. The Hall–Kier alpha value is -0.860. The molecule has 1 rings (SSSR count). The van der Waals surface area contributed by atoms with Crippen LogP contribution >= 0.6 is 24.0 Å². The highest BCUT2D eigenvalue weighted by Crippen LogP contribution is 2.22. The minimum Gasteiger partial charge on any atom is -0.379 e. The van der Waals surface area contributed by atoms with E-state index in [1.807, 2.05) is 0 Å². The van der Waals surface area contributed by atoms with E-state index >= 15 is 0 Å². The van der Waals surface area contributed by atoms with Gasteiger partial charge in [0.25, 0.3) is 0 Å². The van der Waals surface area contributed by atoms with Crippen LogP contribution in [0.2, 0.25) is 0 Å². The van der Waals surface area contributed by atoms with E-state index < -0.39 is 0 Å². The lowest BCUT2D eigenvalue weighted by molar-refractivity contribution is 0.0498. The lowest BCUT2D eigenvalue weighted by atomic mass is 10.0. The Morgan fingerprint density at radius 1 is 1.00 bits per heavy atom. The standard InChI is InChI=1S/C19H33N3O2.HI/c1-4-7-12-23-14-15-24-13-11-21-19(20)22-18-16(5-2)9-8-10-17(18)6-3;/h8-10H,4-7,11-15H2,1-3H3,(H3,20,21,22);1H. The van der Waals surface area contributed by atoms with Crippen LogP contribution in [0.25, 0.3) is 0 Å². The number of hydrogen-bond donors (Lipinski definition) is 2. The quantitative estimate of drug-likeness (QED) is 0.213. The first-order valence-electron chi connectivity index (χ1n) is 9.06. The van der Waals surface area contributed by atoms with Gasteiger partial charge in [-0.3, -0.25) is 4.99 Å². The molecule has 0 unspecified atom stereocenters. The molecule has 5 nitrogen and oxygen atoms in total. The number of para-hydroxylation sites is 1. The predicted molar refractivity (Wildman–Crippen MR) is 117 cm³/mol. The molecule has 1 aromatic carbocycles. The van der Waals surface area contributed by atoms with Crippen LogP contribution < -0.4 is 11.1 Å². The van der Waals surface area contributed by atoms with E-state index in [-0.39, 0.29) is 24.0 Å². The molecule has 0 heterocycles. The molecule has 6 heteroatoms. The zero-order valence-corrected chi connectivity index (χ0v) is 18.2. The number of nitrogens with one attached hydrogen (secondary N) is 1. The fraction of sp³-hybridized carbons (Fsp3) is 0.632. The number of hydrogen-bond acceptors (Lipinski definition) is 3. The van der Waals surface area contributed by atoms with Gasteiger partial charge in [-0.15, -0.1) is 24.0 Å². The number of halogens is 1. The smallest absolute Gasteiger partial charge is 0.193 e. The zero-order chi connectivity index (χ0) is 17.6.